The molecule has 1 atom stereocenters. The molecule has 1 fully saturated rings. The number of carboxylic acids is 2. The lowest BCUT2D eigenvalue weighted by atomic mass is 9.96. The first-order valence-electron chi connectivity index (χ1n) is 8.69. The first-order chi connectivity index (χ1) is 13.1. The van der Waals surface area contributed by atoms with Crippen molar-refractivity contribution >= 4 is 17.8 Å². The van der Waals surface area contributed by atoms with Gasteiger partial charge in [-0.1, -0.05) is 30.3 Å². The second-order valence-electron chi connectivity index (χ2n) is 6.28. The molecule has 140 valence electrons. The van der Waals surface area contributed by atoms with Crippen LogP contribution < -0.4 is 10.2 Å². The quantitative estimate of drug-likeness (QED) is 0.696. The van der Waals surface area contributed by atoms with Crippen molar-refractivity contribution in [3.63, 3.8) is 0 Å². The number of anilines is 1. The van der Waals surface area contributed by atoms with Gasteiger partial charge in [0.05, 0.1) is 6.04 Å². The van der Waals surface area contributed by atoms with Crippen LogP contribution >= 0.6 is 0 Å². The van der Waals surface area contributed by atoms with Gasteiger partial charge in [-0.2, -0.15) is 0 Å². The van der Waals surface area contributed by atoms with Crippen molar-refractivity contribution in [3.8, 4) is 0 Å². The lowest BCUT2D eigenvalue weighted by Crippen LogP contribution is -2.46. The van der Waals surface area contributed by atoms with Crippen LogP contribution in [0.25, 0.3) is 0 Å². The highest BCUT2D eigenvalue weighted by Crippen LogP contribution is 2.36. The summed E-state index contributed by atoms with van der Waals surface area (Å²) < 4.78 is 0. The number of piperazine rings is 1. The largest absolute Gasteiger partial charge is 0.478 e. The summed E-state index contributed by atoms with van der Waals surface area (Å²) in [4.78, 5) is 26.2. The topological polar surface area (TPSA) is 103 Å². The van der Waals surface area contributed by atoms with Crippen molar-refractivity contribution in [2.75, 3.05) is 24.5 Å². The monoisotopic (exact) mass is 367 g/mol. The highest BCUT2D eigenvalue weighted by atomic mass is 16.4. The van der Waals surface area contributed by atoms with Crippen LogP contribution in [-0.4, -0.2) is 46.8 Å². The Balaban J connectivity index is 0.000000226. The number of rotatable bonds is 2. The van der Waals surface area contributed by atoms with Crippen LogP contribution in [0.4, 0.5) is 5.82 Å². The van der Waals surface area contributed by atoms with E-state index in [4.69, 9.17) is 10.2 Å². The summed E-state index contributed by atoms with van der Waals surface area (Å²) in [5.74, 6) is -1.34. The average Bonchev–Trinajstić information content (AvgIpc) is 2.82. The van der Waals surface area contributed by atoms with Gasteiger partial charge in [-0.25, -0.2) is 14.6 Å². The van der Waals surface area contributed by atoms with Gasteiger partial charge < -0.3 is 20.4 Å². The maximum absolute atomic E-state index is 9.55. The molecule has 0 spiro atoms. The van der Waals surface area contributed by atoms with Crippen LogP contribution in [0.1, 0.15) is 22.7 Å². The summed E-state index contributed by atoms with van der Waals surface area (Å²) >= 11 is 0. The van der Waals surface area contributed by atoms with E-state index in [-0.39, 0.29) is 0 Å². The van der Waals surface area contributed by atoms with E-state index < -0.39 is 11.9 Å². The lowest BCUT2D eigenvalue weighted by Gasteiger charge is -2.37. The molecule has 0 aliphatic carbocycles. The number of benzene rings is 1. The van der Waals surface area contributed by atoms with Gasteiger partial charge in [0.15, 0.2) is 0 Å². The normalized spacial score (nSPS) is 17.6. The molecular weight excluding hydrogens is 346 g/mol. The van der Waals surface area contributed by atoms with Gasteiger partial charge in [-0.05, 0) is 22.8 Å². The molecule has 27 heavy (non-hydrogen) atoms. The number of fused-ring (bicyclic) bond motifs is 5. The minimum absolute atomic E-state index is 0.418. The fourth-order valence-electron chi connectivity index (χ4n) is 3.43. The van der Waals surface area contributed by atoms with Crippen molar-refractivity contribution in [3.05, 3.63) is 71.4 Å². The lowest BCUT2D eigenvalue weighted by molar-refractivity contribution is -0.134. The van der Waals surface area contributed by atoms with Gasteiger partial charge in [0, 0.05) is 44.4 Å². The molecule has 4 rings (SSSR count). The zero-order valence-electron chi connectivity index (χ0n) is 14.7. The van der Waals surface area contributed by atoms with Gasteiger partial charge in [-0.15, -0.1) is 0 Å². The number of pyridine rings is 1. The molecule has 7 heteroatoms. The molecule has 0 saturated carbocycles. The predicted molar refractivity (Wildman–Crippen MR) is 101 cm³/mol. The molecule has 2 aromatic rings. The summed E-state index contributed by atoms with van der Waals surface area (Å²) in [6, 6.07) is 13.5. The Hall–Kier alpha value is -3.19. The Bertz CT molecular complexity index is 796. The SMILES string of the molecule is O=C(O)C=CC(=O)O.c1ccc2c(c1)Cc1cccnc1N1CCNCC21. The Morgan fingerprint density at radius 1 is 1.07 bits per heavy atom. The number of nitrogens with one attached hydrogen (secondary N) is 1. The minimum atomic E-state index is -1.26. The third kappa shape index (κ3) is 4.51. The fourth-order valence-corrected chi connectivity index (χ4v) is 3.43. The molecule has 1 aromatic carbocycles. The van der Waals surface area contributed by atoms with E-state index in [1.54, 1.807) is 0 Å². The van der Waals surface area contributed by atoms with Crippen molar-refractivity contribution < 1.29 is 19.8 Å². The van der Waals surface area contributed by atoms with Gasteiger partial charge in [0.2, 0.25) is 0 Å². The molecule has 1 unspecified atom stereocenters. The van der Waals surface area contributed by atoms with Crippen LogP contribution in [-0.2, 0) is 16.0 Å². The second-order valence-corrected chi connectivity index (χ2v) is 6.28. The standard InChI is InChI=1S/C16H17N3.C4H4O4/c1-2-6-14-12(4-1)10-13-5-3-7-18-16(13)19-9-8-17-11-15(14)19;5-3(6)1-2-4(7)8/h1-7,15,17H,8-11H2;1-2H,(H,5,6)(H,7,8). The maximum atomic E-state index is 9.55. The van der Waals surface area contributed by atoms with E-state index in [0.717, 1.165) is 26.1 Å². The van der Waals surface area contributed by atoms with Gasteiger partial charge >= 0.3 is 11.9 Å². The molecule has 0 amide bonds. The predicted octanol–water partition coefficient (Wildman–Crippen LogP) is 1.85. The van der Waals surface area contributed by atoms with Gasteiger partial charge in [-0.3, -0.25) is 0 Å². The van der Waals surface area contributed by atoms with Crippen LogP contribution in [0.3, 0.4) is 0 Å². The average molecular weight is 367 g/mol. The number of hydrogen-bond acceptors (Lipinski definition) is 5. The van der Waals surface area contributed by atoms with Crippen molar-refractivity contribution in [1.82, 2.24) is 10.3 Å². The van der Waals surface area contributed by atoms with E-state index in [1.807, 2.05) is 12.3 Å². The molecular formula is C20H21N3O4. The molecule has 3 N–H and O–H groups in total. The van der Waals surface area contributed by atoms with Crippen LogP contribution in [0.2, 0.25) is 0 Å². The molecule has 0 radical (unpaired) electrons. The number of hydrogen-bond donors (Lipinski definition) is 3. The molecule has 0 bridgehead atoms. The van der Waals surface area contributed by atoms with Crippen molar-refractivity contribution in [2.45, 2.75) is 12.5 Å². The Morgan fingerprint density at radius 3 is 2.52 bits per heavy atom. The second kappa shape index (κ2) is 8.46. The third-order valence-corrected chi connectivity index (χ3v) is 4.55. The number of carbonyl (C=O) groups is 2. The van der Waals surface area contributed by atoms with Crippen molar-refractivity contribution in [2.24, 2.45) is 0 Å². The number of nitrogens with zero attached hydrogens (tertiary/aromatic N) is 2. The first-order valence-corrected chi connectivity index (χ1v) is 8.69. The molecule has 3 heterocycles. The molecule has 1 saturated heterocycles. The molecule has 2 aliphatic heterocycles. The van der Waals surface area contributed by atoms with E-state index >= 15 is 0 Å². The van der Waals surface area contributed by atoms with E-state index in [9.17, 15) is 9.59 Å². The highest BCUT2D eigenvalue weighted by Gasteiger charge is 2.30. The highest BCUT2D eigenvalue weighted by molar-refractivity contribution is 5.89. The van der Waals surface area contributed by atoms with Crippen LogP contribution in [0, 0.1) is 0 Å². The summed E-state index contributed by atoms with van der Waals surface area (Å²) in [5.41, 5.74) is 4.24. The summed E-state index contributed by atoms with van der Waals surface area (Å²) in [5, 5.41) is 19.1. The molecule has 1 aromatic heterocycles. The number of carboxylic acid groups (broad SMARTS) is 2. The van der Waals surface area contributed by atoms with Gasteiger partial charge in [0.25, 0.3) is 0 Å². The summed E-state index contributed by atoms with van der Waals surface area (Å²) in [7, 11) is 0. The van der Waals surface area contributed by atoms with Crippen LogP contribution in [0.15, 0.2) is 54.7 Å². The number of aliphatic carboxylic acids is 2. The molecule has 7 nitrogen and oxygen atoms in total. The number of aromatic nitrogens is 1. The van der Waals surface area contributed by atoms with Gasteiger partial charge in [0.1, 0.15) is 5.82 Å². The van der Waals surface area contributed by atoms with Crippen molar-refractivity contribution in [1.29, 1.82) is 0 Å². The Labute approximate surface area is 157 Å². The summed E-state index contributed by atoms with van der Waals surface area (Å²) in [6.45, 7) is 3.07. The first kappa shape index (κ1) is 18.6. The maximum Gasteiger partial charge on any atom is 0.328 e. The van der Waals surface area contributed by atoms with E-state index in [0.29, 0.717) is 18.2 Å². The minimum Gasteiger partial charge on any atom is -0.478 e. The third-order valence-electron chi connectivity index (χ3n) is 4.55. The fraction of sp³-hybridized carbons (Fsp3) is 0.250. The Kier molecular flexibility index (Phi) is 5.83. The van der Waals surface area contributed by atoms with E-state index in [1.165, 1.54) is 22.5 Å². The summed E-state index contributed by atoms with van der Waals surface area (Å²) in [6.07, 6.45) is 4.02. The molecule has 2 aliphatic rings. The zero-order valence-corrected chi connectivity index (χ0v) is 14.7. The smallest absolute Gasteiger partial charge is 0.328 e. The Morgan fingerprint density at radius 2 is 1.78 bits per heavy atom. The zero-order chi connectivity index (χ0) is 19.2. The van der Waals surface area contributed by atoms with E-state index in [2.05, 4.69) is 45.5 Å². The van der Waals surface area contributed by atoms with Crippen LogP contribution in [0.5, 0.6) is 0 Å².